The van der Waals surface area contributed by atoms with Crippen molar-refractivity contribution in [3.63, 3.8) is 0 Å². The number of fused-ring (bicyclic) bond motifs is 1. The normalized spacial score (nSPS) is 24.2. The molecule has 2 aliphatic rings. The Labute approximate surface area is 261 Å². The van der Waals surface area contributed by atoms with Crippen LogP contribution < -0.4 is 20.7 Å². The predicted molar refractivity (Wildman–Crippen MR) is 172 cm³/mol. The Bertz CT molecular complexity index is 1300. The average Bonchev–Trinajstić information content (AvgIpc) is 2.99. The summed E-state index contributed by atoms with van der Waals surface area (Å²) >= 11 is 0. The molecule has 3 amide bonds. The molecule has 44 heavy (non-hydrogen) atoms. The number of amides is 3. The molecule has 1 saturated carbocycles. The lowest BCUT2D eigenvalue weighted by molar-refractivity contribution is -0.151. The summed E-state index contributed by atoms with van der Waals surface area (Å²) in [5.41, 5.74) is 1.27. The molecule has 2 aromatic rings. The molecule has 4 N–H and O–H groups in total. The van der Waals surface area contributed by atoms with Gasteiger partial charge in [0, 0.05) is 32.1 Å². The number of benzene rings is 2. The van der Waals surface area contributed by atoms with Crippen LogP contribution in [0.4, 0.5) is 0 Å². The summed E-state index contributed by atoms with van der Waals surface area (Å²) in [7, 11) is 1.56. The molecule has 2 aromatic carbocycles. The summed E-state index contributed by atoms with van der Waals surface area (Å²) in [5.74, 6) is -0.396. The van der Waals surface area contributed by atoms with Crippen LogP contribution in [-0.4, -0.2) is 78.2 Å². The fourth-order valence-electron chi connectivity index (χ4n) is 6.25. The Morgan fingerprint density at radius 2 is 1.68 bits per heavy atom. The Morgan fingerprint density at radius 1 is 0.977 bits per heavy atom. The SMILES string of the molecule is Cc1ccc(C[C@H]2NC(=O)[C@H](C(C)(C)O)N(C)C(=O)[C@H](C3CCCCC3)NCCOc3ccccc3/C=C/CNC2=O)cc1. The number of carbonyl (C=O) groups excluding carboxylic acids is 3. The molecule has 9 nitrogen and oxygen atoms in total. The maximum Gasteiger partial charge on any atom is 0.246 e. The van der Waals surface area contributed by atoms with Gasteiger partial charge in [0.15, 0.2) is 0 Å². The van der Waals surface area contributed by atoms with E-state index < -0.39 is 29.6 Å². The Hall–Kier alpha value is -3.69. The number of likely N-dealkylation sites (N-methyl/N-ethyl adjacent to an activating group) is 1. The number of rotatable bonds is 4. The highest BCUT2D eigenvalue weighted by Crippen LogP contribution is 2.29. The molecule has 9 heteroatoms. The fraction of sp³-hybridized carbons (Fsp3) is 0.514. The fourth-order valence-corrected chi connectivity index (χ4v) is 6.25. The molecular formula is C35H48N4O5. The van der Waals surface area contributed by atoms with E-state index >= 15 is 0 Å². The zero-order valence-corrected chi connectivity index (χ0v) is 26.5. The minimum atomic E-state index is -1.58. The molecule has 0 aromatic heterocycles. The van der Waals surface area contributed by atoms with Crippen LogP contribution in [0.25, 0.3) is 6.08 Å². The van der Waals surface area contributed by atoms with E-state index in [1.165, 1.54) is 18.7 Å². The van der Waals surface area contributed by atoms with E-state index in [0.717, 1.165) is 48.8 Å². The van der Waals surface area contributed by atoms with Crippen molar-refractivity contribution >= 4 is 23.8 Å². The molecule has 4 rings (SSSR count). The second kappa shape index (κ2) is 15.3. The lowest BCUT2D eigenvalue weighted by Gasteiger charge is -2.40. The van der Waals surface area contributed by atoms with Crippen LogP contribution in [0.2, 0.25) is 0 Å². The van der Waals surface area contributed by atoms with Crippen molar-refractivity contribution in [3.8, 4) is 5.75 Å². The molecule has 0 spiro atoms. The molecule has 1 fully saturated rings. The van der Waals surface area contributed by atoms with E-state index in [1.807, 2.05) is 67.6 Å². The zero-order valence-electron chi connectivity index (χ0n) is 26.5. The van der Waals surface area contributed by atoms with Crippen LogP contribution in [-0.2, 0) is 20.8 Å². The molecule has 1 aliphatic carbocycles. The number of nitrogens with zero attached hydrogens (tertiary/aromatic N) is 1. The van der Waals surface area contributed by atoms with Crippen molar-refractivity contribution < 1.29 is 24.2 Å². The van der Waals surface area contributed by atoms with Gasteiger partial charge >= 0.3 is 0 Å². The van der Waals surface area contributed by atoms with Crippen LogP contribution in [0.15, 0.2) is 54.6 Å². The first kappa shape index (κ1) is 33.2. The van der Waals surface area contributed by atoms with Gasteiger partial charge in [-0.2, -0.15) is 0 Å². The highest BCUT2D eigenvalue weighted by Gasteiger charge is 2.43. The third-order valence-corrected chi connectivity index (χ3v) is 8.57. The maximum absolute atomic E-state index is 14.2. The van der Waals surface area contributed by atoms with E-state index in [-0.39, 0.29) is 30.7 Å². The Morgan fingerprint density at radius 3 is 2.39 bits per heavy atom. The van der Waals surface area contributed by atoms with Crippen molar-refractivity contribution in [3.05, 3.63) is 71.3 Å². The smallest absolute Gasteiger partial charge is 0.246 e. The van der Waals surface area contributed by atoms with Crippen molar-refractivity contribution in [2.24, 2.45) is 5.92 Å². The van der Waals surface area contributed by atoms with Crippen LogP contribution in [0.1, 0.15) is 62.6 Å². The number of aliphatic hydroxyl groups is 1. The van der Waals surface area contributed by atoms with Gasteiger partial charge in [-0.15, -0.1) is 0 Å². The molecule has 1 aliphatic heterocycles. The van der Waals surface area contributed by atoms with Crippen LogP contribution >= 0.6 is 0 Å². The lowest BCUT2D eigenvalue weighted by Crippen LogP contribution is -2.64. The van der Waals surface area contributed by atoms with E-state index in [9.17, 15) is 19.5 Å². The van der Waals surface area contributed by atoms with E-state index in [0.29, 0.717) is 18.9 Å². The summed E-state index contributed by atoms with van der Waals surface area (Å²) in [6.07, 6.45) is 9.03. The zero-order chi connectivity index (χ0) is 31.7. The van der Waals surface area contributed by atoms with Crippen molar-refractivity contribution in [2.75, 3.05) is 26.7 Å². The van der Waals surface area contributed by atoms with Crippen LogP contribution in [0.3, 0.4) is 0 Å². The number of hydrogen-bond donors (Lipinski definition) is 4. The highest BCUT2D eigenvalue weighted by molar-refractivity contribution is 5.94. The van der Waals surface area contributed by atoms with Gasteiger partial charge < -0.3 is 30.7 Å². The third-order valence-electron chi connectivity index (χ3n) is 8.57. The van der Waals surface area contributed by atoms with E-state index in [1.54, 1.807) is 7.05 Å². The molecule has 0 bridgehead atoms. The molecular weight excluding hydrogens is 556 g/mol. The Kier molecular flexibility index (Phi) is 11.6. The average molecular weight is 605 g/mol. The monoisotopic (exact) mass is 604 g/mol. The number of hydrogen-bond acceptors (Lipinski definition) is 6. The quantitative estimate of drug-likeness (QED) is 0.425. The summed E-state index contributed by atoms with van der Waals surface area (Å²) in [4.78, 5) is 42.9. The minimum Gasteiger partial charge on any atom is -0.492 e. The van der Waals surface area contributed by atoms with Gasteiger partial charge in [0.05, 0.1) is 11.6 Å². The first-order valence-electron chi connectivity index (χ1n) is 15.8. The predicted octanol–water partition coefficient (Wildman–Crippen LogP) is 3.38. The molecule has 1 heterocycles. The van der Waals surface area contributed by atoms with Crippen LogP contribution in [0.5, 0.6) is 5.75 Å². The van der Waals surface area contributed by atoms with Crippen molar-refractivity contribution in [1.82, 2.24) is 20.9 Å². The third kappa shape index (κ3) is 8.92. The standard InChI is InChI=1S/C35H48N4O5/c1-24-16-18-25(19-17-24)23-28-32(40)37-20-10-14-26-11-8-9-15-29(26)44-22-21-36-30(27-12-6-5-7-13-27)34(42)39(4)31(33(41)38-28)35(2,3)43/h8-11,14-19,27-28,30-31,36,43H,5-7,12-13,20-23H2,1-4H3,(H,37,40)(H,38,41)/b14-10+/t28-,30+,31-/m1/s1. The van der Waals surface area contributed by atoms with Gasteiger partial charge in [0.1, 0.15) is 24.4 Å². The number of carbonyl (C=O) groups is 3. The lowest BCUT2D eigenvalue weighted by atomic mass is 9.82. The highest BCUT2D eigenvalue weighted by atomic mass is 16.5. The number of para-hydroxylation sites is 1. The molecule has 238 valence electrons. The van der Waals surface area contributed by atoms with Gasteiger partial charge in [-0.3, -0.25) is 14.4 Å². The molecule has 0 unspecified atom stereocenters. The van der Waals surface area contributed by atoms with Gasteiger partial charge in [-0.05, 0) is 51.2 Å². The second-order valence-corrected chi connectivity index (χ2v) is 12.6. The van der Waals surface area contributed by atoms with Crippen molar-refractivity contribution in [1.29, 1.82) is 0 Å². The molecule has 0 saturated heterocycles. The summed E-state index contributed by atoms with van der Waals surface area (Å²) < 4.78 is 6.11. The summed E-state index contributed by atoms with van der Waals surface area (Å²) in [6, 6.07) is 12.8. The summed E-state index contributed by atoms with van der Waals surface area (Å²) in [6.45, 7) is 6.04. The number of ether oxygens (including phenoxy) is 1. The maximum atomic E-state index is 14.2. The van der Waals surface area contributed by atoms with Crippen LogP contribution in [0, 0.1) is 12.8 Å². The van der Waals surface area contributed by atoms with Gasteiger partial charge in [-0.25, -0.2) is 0 Å². The van der Waals surface area contributed by atoms with Gasteiger partial charge in [-0.1, -0.05) is 79.4 Å². The minimum absolute atomic E-state index is 0.102. The Balaban J connectivity index is 1.68. The van der Waals surface area contributed by atoms with Crippen molar-refractivity contribution in [2.45, 2.75) is 83.0 Å². The molecule has 0 radical (unpaired) electrons. The second-order valence-electron chi connectivity index (χ2n) is 12.6. The molecule has 3 atom stereocenters. The number of nitrogens with one attached hydrogen (secondary N) is 3. The van der Waals surface area contributed by atoms with Gasteiger partial charge in [0.25, 0.3) is 0 Å². The first-order valence-corrected chi connectivity index (χ1v) is 15.8. The first-order chi connectivity index (χ1) is 21.0. The van der Waals surface area contributed by atoms with E-state index in [4.69, 9.17) is 4.74 Å². The van der Waals surface area contributed by atoms with E-state index in [2.05, 4.69) is 16.0 Å². The topological polar surface area (TPSA) is 120 Å². The summed E-state index contributed by atoms with van der Waals surface area (Å²) in [5, 5.41) is 20.4. The largest absolute Gasteiger partial charge is 0.492 e. The van der Waals surface area contributed by atoms with Gasteiger partial charge in [0.2, 0.25) is 17.7 Å². The number of aryl methyl sites for hydroxylation is 1.